The number of hydrogen-bond acceptors (Lipinski definition) is 1. The Labute approximate surface area is 72.4 Å². The molecule has 0 atom stereocenters. The summed E-state index contributed by atoms with van der Waals surface area (Å²) >= 11 is 10.9. The summed E-state index contributed by atoms with van der Waals surface area (Å²) in [6, 6.07) is 0. The van der Waals surface area contributed by atoms with Crippen molar-refractivity contribution in [2.24, 2.45) is 0 Å². The number of halogens is 2. The summed E-state index contributed by atoms with van der Waals surface area (Å²) in [7, 11) is 0. The Morgan fingerprint density at radius 2 is 2.30 bits per heavy atom. The zero-order valence-electron chi connectivity index (χ0n) is 6.16. The van der Waals surface area contributed by atoms with Crippen molar-refractivity contribution in [3.05, 3.63) is 10.6 Å². The Balaban J connectivity index is 3.04. The third kappa shape index (κ3) is 6.40. The molecule has 0 saturated carbocycles. The van der Waals surface area contributed by atoms with E-state index in [4.69, 9.17) is 23.2 Å². The molecule has 1 nitrogen and oxygen atoms in total. The first-order chi connectivity index (χ1) is 4.81. The third-order valence-corrected chi connectivity index (χ3v) is 1.74. The minimum Gasteiger partial charge on any atom is -0.312 e. The number of unbranched alkanes of at least 4 members (excludes halogenated alkanes) is 1. The molecule has 60 valence electrons. The molecular weight excluding hydrogens is 169 g/mol. The van der Waals surface area contributed by atoms with E-state index in [0.717, 1.165) is 6.54 Å². The van der Waals surface area contributed by atoms with Crippen LogP contribution in [0.5, 0.6) is 0 Å². The van der Waals surface area contributed by atoms with Gasteiger partial charge in [0, 0.05) is 17.1 Å². The van der Waals surface area contributed by atoms with Crippen molar-refractivity contribution in [1.82, 2.24) is 5.32 Å². The summed E-state index contributed by atoms with van der Waals surface area (Å²) in [5.41, 5.74) is 1.39. The van der Waals surface area contributed by atoms with Gasteiger partial charge in [-0.1, -0.05) is 36.5 Å². The molecule has 0 saturated heterocycles. The lowest BCUT2D eigenvalue weighted by atomic mass is 10.3. The maximum absolute atomic E-state index is 5.61. The van der Waals surface area contributed by atoms with Crippen LogP contribution in [0.4, 0.5) is 0 Å². The van der Waals surface area contributed by atoms with Crippen LogP contribution in [0.3, 0.4) is 0 Å². The summed E-state index contributed by atoms with van der Waals surface area (Å²) in [5.74, 6) is 0. The molecule has 0 aliphatic rings. The predicted octanol–water partition coefficient (Wildman–Crippen LogP) is 2.70. The molecule has 0 spiro atoms. The predicted molar refractivity (Wildman–Crippen MR) is 47.6 cm³/mol. The van der Waals surface area contributed by atoms with E-state index in [0.29, 0.717) is 11.6 Å². The zero-order chi connectivity index (χ0) is 7.82. The van der Waals surface area contributed by atoms with Crippen molar-refractivity contribution in [2.45, 2.75) is 19.8 Å². The summed E-state index contributed by atoms with van der Waals surface area (Å²) in [4.78, 5) is 0. The molecule has 0 fully saturated rings. The van der Waals surface area contributed by atoms with Crippen LogP contribution in [0.15, 0.2) is 10.6 Å². The molecule has 0 aliphatic heterocycles. The quantitative estimate of drug-likeness (QED) is 0.644. The number of hydrogen-bond donors (Lipinski definition) is 1. The van der Waals surface area contributed by atoms with Gasteiger partial charge in [-0.15, -0.1) is 0 Å². The van der Waals surface area contributed by atoms with Gasteiger partial charge >= 0.3 is 0 Å². The van der Waals surface area contributed by atoms with Crippen LogP contribution in [-0.2, 0) is 0 Å². The van der Waals surface area contributed by atoms with Gasteiger partial charge in [0.2, 0.25) is 0 Å². The van der Waals surface area contributed by atoms with Crippen molar-refractivity contribution in [3.63, 3.8) is 0 Å². The molecular formula is C7H13Cl2N. The molecule has 0 bridgehead atoms. The van der Waals surface area contributed by atoms with E-state index in [1.807, 2.05) is 0 Å². The first kappa shape index (κ1) is 10.3. The van der Waals surface area contributed by atoms with Crippen molar-refractivity contribution in [1.29, 1.82) is 0 Å². The van der Waals surface area contributed by atoms with Gasteiger partial charge in [0.15, 0.2) is 0 Å². The van der Waals surface area contributed by atoms with Gasteiger partial charge in [0.1, 0.15) is 0 Å². The average molecular weight is 182 g/mol. The summed E-state index contributed by atoms with van der Waals surface area (Å²) in [6.45, 7) is 3.85. The first-order valence-electron chi connectivity index (χ1n) is 3.46. The number of rotatable bonds is 5. The largest absolute Gasteiger partial charge is 0.312 e. The lowest BCUT2D eigenvalue weighted by Gasteiger charge is -2.00. The second-order valence-electron chi connectivity index (χ2n) is 2.09. The maximum atomic E-state index is 5.61. The molecule has 0 aliphatic carbocycles. The fourth-order valence-electron chi connectivity index (χ4n) is 0.548. The molecule has 0 aromatic carbocycles. The second kappa shape index (κ2) is 7.39. The highest BCUT2D eigenvalue weighted by Gasteiger charge is 1.88. The van der Waals surface area contributed by atoms with Crippen LogP contribution >= 0.6 is 23.2 Å². The minimum atomic E-state index is 0.665. The Kier molecular flexibility index (Phi) is 7.59. The van der Waals surface area contributed by atoms with Crippen molar-refractivity contribution in [3.8, 4) is 0 Å². The van der Waals surface area contributed by atoms with E-state index < -0.39 is 0 Å². The van der Waals surface area contributed by atoms with E-state index >= 15 is 0 Å². The molecule has 0 rings (SSSR count). The molecule has 0 amide bonds. The van der Waals surface area contributed by atoms with E-state index in [9.17, 15) is 0 Å². The molecule has 10 heavy (non-hydrogen) atoms. The average Bonchev–Trinajstić information content (AvgIpc) is 1.98. The van der Waals surface area contributed by atoms with E-state index in [-0.39, 0.29) is 0 Å². The molecule has 0 aromatic rings. The van der Waals surface area contributed by atoms with Gasteiger partial charge < -0.3 is 5.32 Å². The molecule has 0 heterocycles. The number of nitrogens with one attached hydrogen (secondary N) is 1. The monoisotopic (exact) mass is 181 g/mol. The van der Waals surface area contributed by atoms with Crippen LogP contribution in [-0.4, -0.2) is 13.1 Å². The topological polar surface area (TPSA) is 12.0 Å². The lowest BCUT2D eigenvalue weighted by molar-refractivity contribution is 0.678. The smallest absolute Gasteiger partial charge is 0.0431 e. The van der Waals surface area contributed by atoms with Crippen LogP contribution in [0.2, 0.25) is 0 Å². The van der Waals surface area contributed by atoms with Gasteiger partial charge in [-0.25, -0.2) is 0 Å². The summed E-state index contributed by atoms with van der Waals surface area (Å²) in [6.07, 6.45) is 2.39. The zero-order valence-corrected chi connectivity index (χ0v) is 7.67. The van der Waals surface area contributed by atoms with Gasteiger partial charge in [0.05, 0.1) is 0 Å². The lowest BCUT2D eigenvalue weighted by Crippen LogP contribution is -2.16. The normalized spacial score (nSPS) is 12.1. The van der Waals surface area contributed by atoms with Crippen LogP contribution in [0.1, 0.15) is 19.8 Å². The maximum Gasteiger partial charge on any atom is 0.0431 e. The Morgan fingerprint density at radius 3 is 2.80 bits per heavy atom. The van der Waals surface area contributed by atoms with Gasteiger partial charge in [0.25, 0.3) is 0 Å². The van der Waals surface area contributed by atoms with Gasteiger partial charge in [-0.2, -0.15) is 0 Å². The molecule has 0 aromatic heterocycles. The second-order valence-corrected chi connectivity index (χ2v) is 2.79. The van der Waals surface area contributed by atoms with Crippen molar-refractivity contribution >= 4 is 23.2 Å². The van der Waals surface area contributed by atoms with Crippen LogP contribution in [0, 0.1) is 0 Å². The Morgan fingerprint density at radius 1 is 1.60 bits per heavy atom. The highest BCUT2D eigenvalue weighted by molar-refractivity contribution is 6.36. The van der Waals surface area contributed by atoms with Crippen LogP contribution in [0.25, 0.3) is 0 Å². The van der Waals surface area contributed by atoms with E-state index in [2.05, 4.69) is 12.2 Å². The van der Waals surface area contributed by atoms with Crippen LogP contribution < -0.4 is 5.32 Å². The van der Waals surface area contributed by atoms with E-state index in [1.165, 1.54) is 18.4 Å². The molecule has 0 unspecified atom stereocenters. The van der Waals surface area contributed by atoms with E-state index in [1.54, 1.807) is 0 Å². The highest BCUT2D eigenvalue weighted by Crippen LogP contribution is 2.00. The highest BCUT2D eigenvalue weighted by atomic mass is 35.5. The molecule has 0 radical (unpaired) electrons. The SMILES string of the molecule is CCCCNC/C(Cl)=C/Cl. The summed E-state index contributed by atoms with van der Waals surface area (Å²) in [5, 5.41) is 3.82. The Bertz CT molecular complexity index is 102. The summed E-state index contributed by atoms with van der Waals surface area (Å²) < 4.78 is 0. The fraction of sp³-hybridized carbons (Fsp3) is 0.714. The fourth-order valence-corrected chi connectivity index (χ4v) is 0.720. The standard InChI is InChI=1S/C7H13Cl2N/c1-2-3-4-10-6-7(9)5-8/h5,10H,2-4,6H2,1H3/b7-5-. The first-order valence-corrected chi connectivity index (χ1v) is 4.28. The van der Waals surface area contributed by atoms with Crippen molar-refractivity contribution in [2.75, 3.05) is 13.1 Å². The van der Waals surface area contributed by atoms with Gasteiger partial charge in [-0.3, -0.25) is 0 Å². The minimum absolute atomic E-state index is 0.665. The third-order valence-electron chi connectivity index (χ3n) is 1.12. The molecule has 3 heteroatoms. The Hall–Kier alpha value is 0.280. The van der Waals surface area contributed by atoms with Crippen molar-refractivity contribution < 1.29 is 0 Å². The van der Waals surface area contributed by atoms with Gasteiger partial charge in [-0.05, 0) is 13.0 Å². The molecule has 1 N–H and O–H groups in total.